The first-order valence-corrected chi connectivity index (χ1v) is 12.6. The second-order valence-corrected chi connectivity index (χ2v) is 9.37. The first-order valence-electron chi connectivity index (χ1n) is 12.6. The summed E-state index contributed by atoms with van der Waals surface area (Å²) in [5.41, 5.74) is 7.63. The van der Waals surface area contributed by atoms with E-state index in [-0.39, 0.29) is 17.5 Å². The van der Waals surface area contributed by atoms with Gasteiger partial charge in [0.25, 0.3) is 11.8 Å². The molecule has 1 fully saturated rings. The molecule has 196 valence electrons. The van der Waals surface area contributed by atoms with Crippen molar-refractivity contribution in [2.45, 2.75) is 38.1 Å². The molecule has 2 amide bonds. The fraction of sp³-hybridized carbons (Fsp3) is 0.286. The van der Waals surface area contributed by atoms with Crippen molar-refractivity contribution >= 4 is 34.2 Å². The van der Waals surface area contributed by atoms with Crippen molar-refractivity contribution in [3.8, 4) is 17.2 Å². The molecule has 2 aromatic heterocycles. The van der Waals surface area contributed by atoms with E-state index in [1.165, 1.54) is 13.5 Å². The van der Waals surface area contributed by atoms with Gasteiger partial charge < -0.3 is 25.8 Å². The number of rotatable bonds is 8. The molecule has 4 aromatic rings. The molecule has 1 saturated carbocycles. The van der Waals surface area contributed by atoms with Crippen LogP contribution in [0.25, 0.3) is 10.9 Å². The Hall–Kier alpha value is -4.60. The summed E-state index contributed by atoms with van der Waals surface area (Å²) in [5.74, 6) is 1.22. The zero-order valence-corrected chi connectivity index (χ0v) is 21.4. The van der Waals surface area contributed by atoms with Crippen molar-refractivity contribution < 1.29 is 19.1 Å². The number of anilines is 2. The van der Waals surface area contributed by atoms with Gasteiger partial charge in [0.2, 0.25) is 0 Å². The number of carbonyl (C=O) groups excluding carboxylic acids is 2. The monoisotopic (exact) mass is 514 g/mol. The number of hydrogen-bond acceptors (Lipinski definition) is 7. The van der Waals surface area contributed by atoms with E-state index in [0.717, 1.165) is 31.4 Å². The van der Waals surface area contributed by atoms with Crippen LogP contribution >= 0.6 is 0 Å². The molecule has 0 bridgehead atoms. The fourth-order valence-corrected chi connectivity index (χ4v) is 4.73. The number of nitrogens with zero attached hydrogens (tertiary/aromatic N) is 3. The molecule has 0 atom stereocenters. The van der Waals surface area contributed by atoms with Gasteiger partial charge >= 0.3 is 0 Å². The molecule has 2 heterocycles. The molecule has 1 aliphatic rings. The zero-order valence-electron chi connectivity index (χ0n) is 21.4. The first-order chi connectivity index (χ1) is 18.4. The highest BCUT2D eigenvalue weighted by atomic mass is 16.5. The van der Waals surface area contributed by atoms with Gasteiger partial charge in [-0.25, -0.2) is 0 Å². The number of ether oxygens (including phenoxy) is 2. The normalized spacial score (nSPS) is 13.7. The number of methoxy groups -OCH3 is 1. The lowest BCUT2D eigenvalue weighted by molar-refractivity contribution is 0.0927. The van der Waals surface area contributed by atoms with Crippen LogP contribution in [-0.2, 0) is 7.05 Å². The number of benzene rings is 2. The minimum atomic E-state index is -0.602. The van der Waals surface area contributed by atoms with E-state index < -0.39 is 5.91 Å². The third kappa shape index (κ3) is 5.39. The van der Waals surface area contributed by atoms with Gasteiger partial charge in [-0.1, -0.05) is 19.3 Å². The highest BCUT2D eigenvalue weighted by Gasteiger charge is 2.21. The van der Waals surface area contributed by atoms with Gasteiger partial charge in [-0.15, -0.1) is 0 Å². The van der Waals surface area contributed by atoms with Gasteiger partial charge in [0.1, 0.15) is 22.8 Å². The molecule has 38 heavy (non-hydrogen) atoms. The molecule has 0 radical (unpaired) electrons. The van der Waals surface area contributed by atoms with E-state index in [9.17, 15) is 9.59 Å². The summed E-state index contributed by atoms with van der Waals surface area (Å²) < 4.78 is 13.0. The lowest BCUT2D eigenvalue weighted by Gasteiger charge is -2.22. The standard InChI is InChI=1S/C28H30N6O4/c1-34-16-22(28(36)32-17-6-4-3-5-7-17)27(33-34)31-18-8-10-19(11-9-18)38-24-12-13-30-23-15-25(37-2)21(26(29)35)14-20(23)24/h8-17H,3-7H2,1-2H3,(H2,29,35)(H,31,33)(H,32,36). The Morgan fingerprint density at radius 1 is 1.03 bits per heavy atom. The number of hydrogen-bond donors (Lipinski definition) is 3. The van der Waals surface area contributed by atoms with Crippen LogP contribution in [0.4, 0.5) is 11.5 Å². The molecule has 1 aliphatic carbocycles. The SMILES string of the molecule is COc1cc2nccc(Oc3ccc(Nc4nn(C)cc4C(=O)NC4CCCCC4)cc3)c2cc1C(N)=O. The number of pyridine rings is 1. The van der Waals surface area contributed by atoms with Gasteiger partial charge in [-0.05, 0) is 49.2 Å². The highest BCUT2D eigenvalue weighted by Crippen LogP contribution is 2.33. The van der Waals surface area contributed by atoms with Crippen molar-refractivity contribution in [1.29, 1.82) is 0 Å². The Balaban J connectivity index is 1.32. The average molecular weight is 515 g/mol. The molecule has 0 unspecified atom stereocenters. The van der Waals surface area contributed by atoms with Crippen LogP contribution in [0, 0.1) is 0 Å². The number of aryl methyl sites for hydroxylation is 1. The van der Waals surface area contributed by atoms with Crippen LogP contribution in [0.1, 0.15) is 52.8 Å². The predicted octanol–water partition coefficient (Wildman–Crippen LogP) is 4.67. The van der Waals surface area contributed by atoms with Gasteiger partial charge in [0, 0.05) is 42.6 Å². The maximum atomic E-state index is 12.9. The van der Waals surface area contributed by atoms with Gasteiger partial charge in [0.15, 0.2) is 5.82 Å². The second-order valence-electron chi connectivity index (χ2n) is 9.37. The lowest BCUT2D eigenvalue weighted by Crippen LogP contribution is -2.36. The van der Waals surface area contributed by atoms with Crippen molar-refractivity contribution in [1.82, 2.24) is 20.1 Å². The number of aromatic nitrogens is 3. The molecule has 0 spiro atoms. The molecule has 10 heteroatoms. The predicted molar refractivity (Wildman–Crippen MR) is 144 cm³/mol. The van der Waals surface area contributed by atoms with Gasteiger partial charge in [-0.2, -0.15) is 5.10 Å². The van der Waals surface area contributed by atoms with Crippen molar-refractivity contribution in [2.24, 2.45) is 12.8 Å². The van der Waals surface area contributed by atoms with Crippen LogP contribution in [-0.4, -0.2) is 39.7 Å². The zero-order chi connectivity index (χ0) is 26.6. The molecular formula is C28H30N6O4. The largest absolute Gasteiger partial charge is 0.496 e. The third-order valence-corrected chi connectivity index (χ3v) is 6.65. The number of carbonyl (C=O) groups is 2. The molecule has 0 saturated heterocycles. The molecule has 2 aromatic carbocycles. The Bertz CT molecular complexity index is 1470. The average Bonchev–Trinajstić information content (AvgIpc) is 3.29. The van der Waals surface area contributed by atoms with Crippen LogP contribution in [0.3, 0.4) is 0 Å². The summed E-state index contributed by atoms with van der Waals surface area (Å²) in [5, 5.41) is 11.5. The number of fused-ring (bicyclic) bond motifs is 1. The van der Waals surface area contributed by atoms with Crippen LogP contribution in [0.5, 0.6) is 17.2 Å². The highest BCUT2D eigenvalue weighted by molar-refractivity contribution is 6.01. The third-order valence-electron chi connectivity index (χ3n) is 6.65. The quantitative estimate of drug-likeness (QED) is 0.311. The number of nitrogens with one attached hydrogen (secondary N) is 2. The Kier molecular flexibility index (Phi) is 7.12. The van der Waals surface area contributed by atoms with Crippen molar-refractivity contribution in [2.75, 3.05) is 12.4 Å². The number of primary amides is 1. The van der Waals surface area contributed by atoms with E-state index in [2.05, 4.69) is 20.7 Å². The Morgan fingerprint density at radius 2 is 1.79 bits per heavy atom. The summed E-state index contributed by atoms with van der Waals surface area (Å²) in [6, 6.07) is 12.5. The van der Waals surface area contributed by atoms with Gasteiger partial charge in [-0.3, -0.25) is 19.3 Å². The van der Waals surface area contributed by atoms with E-state index in [1.54, 1.807) is 54.5 Å². The van der Waals surface area contributed by atoms with Gasteiger partial charge in [0.05, 0.1) is 18.2 Å². The smallest absolute Gasteiger partial charge is 0.256 e. The minimum absolute atomic E-state index is 0.121. The Labute approximate surface area is 220 Å². The summed E-state index contributed by atoms with van der Waals surface area (Å²) in [7, 11) is 3.26. The van der Waals surface area contributed by atoms with Crippen molar-refractivity contribution in [3.63, 3.8) is 0 Å². The second kappa shape index (κ2) is 10.8. The molecular weight excluding hydrogens is 484 g/mol. The van der Waals surface area contributed by atoms with E-state index >= 15 is 0 Å². The first kappa shape index (κ1) is 25.1. The topological polar surface area (TPSA) is 133 Å². The number of amides is 2. The summed E-state index contributed by atoms with van der Waals surface area (Å²) in [6.07, 6.45) is 8.90. The maximum absolute atomic E-state index is 12.9. The molecule has 0 aliphatic heterocycles. The molecule has 10 nitrogen and oxygen atoms in total. The van der Waals surface area contributed by atoms with Crippen LogP contribution in [0.2, 0.25) is 0 Å². The lowest BCUT2D eigenvalue weighted by atomic mass is 9.95. The minimum Gasteiger partial charge on any atom is -0.496 e. The van der Waals surface area contributed by atoms with Crippen LogP contribution in [0.15, 0.2) is 54.9 Å². The number of nitrogens with two attached hydrogens (primary N) is 1. The molecule has 5 rings (SSSR count). The Morgan fingerprint density at radius 3 is 2.50 bits per heavy atom. The summed E-state index contributed by atoms with van der Waals surface area (Å²) in [4.78, 5) is 29.2. The van der Waals surface area contributed by atoms with E-state index in [4.69, 9.17) is 15.2 Å². The van der Waals surface area contributed by atoms with E-state index in [0.29, 0.717) is 39.5 Å². The summed E-state index contributed by atoms with van der Waals surface area (Å²) >= 11 is 0. The van der Waals surface area contributed by atoms with Crippen molar-refractivity contribution in [3.05, 3.63) is 66.0 Å². The van der Waals surface area contributed by atoms with E-state index in [1.807, 2.05) is 12.1 Å². The fourth-order valence-electron chi connectivity index (χ4n) is 4.73. The van der Waals surface area contributed by atoms with Crippen LogP contribution < -0.4 is 25.8 Å². The summed E-state index contributed by atoms with van der Waals surface area (Å²) in [6.45, 7) is 0. The maximum Gasteiger partial charge on any atom is 0.256 e. The molecule has 4 N–H and O–H groups in total.